The third-order valence-corrected chi connectivity index (χ3v) is 3.85. The maximum Gasteiger partial charge on any atom is 0.124 e. The summed E-state index contributed by atoms with van der Waals surface area (Å²) in [6.45, 7) is 2.02. The molecule has 0 radical (unpaired) electrons. The number of hydrogen-bond donors (Lipinski definition) is 1. The van der Waals surface area contributed by atoms with Gasteiger partial charge in [0, 0.05) is 24.4 Å². The Kier molecular flexibility index (Phi) is 3.53. The molecule has 2 aromatic rings. The van der Waals surface area contributed by atoms with Crippen molar-refractivity contribution in [2.24, 2.45) is 0 Å². The molecule has 100 valence electrons. The van der Waals surface area contributed by atoms with Crippen molar-refractivity contribution in [3.05, 3.63) is 47.3 Å². The first-order valence-corrected chi connectivity index (χ1v) is 6.82. The summed E-state index contributed by atoms with van der Waals surface area (Å²) in [6, 6.07) is 4.45. The minimum atomic E-state index is -0.324. The zero-order chi connectivity index (χ0) is 13.2. The molecule has 3 rings (SSSR count). The summed E-state index contributed by atoms with van der Waals surface area (Å²) in [5, 5.41) is 3.80. The molecule has 1 fully saturated rings. The summed E-state index contributed by atoms with van der Waals surface area (Å²) in [5.74, 6) is 0.104. The molecule has 0 amide bonds. The first kappa shape index (κ1) is 12.6. The van der Waals surface area contributed by atoms with Crippen molar-refractivity contribution in [1.29, 1.82) is 0 Å². The van der Waals surface area contributed by atoms with Gasteiger partial charge >= 0.3 is 0 Å². The molecule has 0 spiro atoms. The fourth-order valence-corrected chi connectivity index (χ4v) is 2.85. The highest BCUT2D eigenvalue weighted by Gasteiger charge is 2.20. The number of rotatable bonds is 2. The lowest BCUT2D eigenvalue weighted by Gasteiger charge is -2.24. The molecule has 1 N–H and O–H groups in total. The fourth-order valence-electron chi connectivity index (χ4n) is 2.59. The number of halogens is 2. The van der Waals surface area contributed by atoms with Crippen LogP contribution in [0.1, 0.15) is 24.5 Å². The Morgan fingerprint density at radius 1 is 1.42 bits per heavy atom. The maximum atomic E-state index is 13.1. The highest BCUT2D eigenvalue weighted by Crippen LogP contribution is 2.28. The van der Waals surface area contributed by atoms with Crippen molar-refractivity contribution in [3.63, 3.8) is 0 Å². The molecular formula is C14H15ClFN3. The van der Waals surface area contributed by atoms with E-state index in [2.05, 4.69) is 10.3 Å². The van der Waals surface area contributed by atoms with Gasteiger partial charge in [-0.15, -0.1) is 0 Å². The topological polar surface area (TPSA) is 29.9 Å². The average molecular weight is 280 g/mol. The maximum absolute atomic E-state index is 13.1. The minimum absolute atomic E-state index is 0.324. The van der Waals surface area contributed by atoms with Gasteiger partial charge in [-0.25, -0.2) is 9.37 Å². The fraction of sp³-hybridized carbons (Fsp3) is 0.357. The van der Waals surface area contributed by atoms with Crippen molar-refractivity contribution >= 4 is 11.6 Å². The van der Waals surface area contributed by atoms with Crippen molar-refractivity contribution < 1.29 is 4.39 Å². The Balaban J connectivity index is 1.99. The van der Waals surface area contributed by atoms with E-state index in [9.17, 15) is 4.39 Å². The molecule has 1 saturated heterocycles. The third kappa shape index (κ3) is 2.51. The van der Waals surface area contributed by atoms with Crippen LogP contribution in [0.2, 0.25) is 5.02 Å². The molecule has 1 atom stereocenters. The molecule has 0 aliphatic carbocycles. The summed E-state index contributed by atoms with van der Waals surface area (Å²) in [7, 11) is 0. The van der Waals surface area contributed by atoms with Gasteiger partial charge < -0.3 is 9.88 Å². The smallest absolute Gasteiger partial charge is 0.124 e. The molecule has 0 saturated carbocycles. The van der Waals surface area contributed by atoms with Crippen LogP contribution in [0.3, 0.4) is 0 Å². The molecule has 5 heteroatoms. The SMILES string of the molecule is Fc1ccc(-n2cncc2C2CCCNC2)c(Cl)c1. The predicted octanol–water partition coefficient (Wildman–Crippen LogP) is 3.13. The van der Waals surface area contributed by atoms with E-state index in [-0.39, 0.29) is 5.82 Å². The number of benzene rings is 1. The molecule has 1 aromatic carbocycles. The van der Waals surface area contributed by atoms with E-state index >= 15 is 0 Å². The van der Waals surface area contributed by atoms with Crippen LogP contribution >= 0.6 is 11.6 Å². The lowest BCUT2D eigenvalue weighted by atomic mass is 9.96. The van der Waals surface area contributed by atoms with Gasteiger partial charge in [0.25, 0.3) is 0 Å². The lowest BCUT2D eigenvalue weighted by molar-refractivity contribution is 0.451. The van der Waals surface area contributed by atoms with Crippen LogP contribution in [-0.2, 0) is 0 Å². The summed E-state index contributed by atoms with van der Waals surface area (Å²) in [4.78, 5) is 4.22. The van der Waals surface area contributed by atoms with E-state index < -0.39 is 0 Å². The molecule has 1 aliphatic heterocycles. The number of nitrogens with one attached hydrogen (secondary N) is 1. The van der Waals surface area contributed by atoms with Gasteiger partial charge in [0.15, 0.2) is 0 Å². The molecule has 3 nitrogen and oxygen atoms in total. The summed E-state index contributed by atoms with van der Waals surface area (Å²) >= 11 is 6.13. The van der Waals surface area contributed by atoms with Gasteiger partial charge in [-0.3, -0.25) is 0 Å². The van der Waals surface area contributed by atoms with Gasteiger partial charge in [0.05, 0.1) is 17.0 Å². The lowest BCUT2D eigenvalue weighted by Crippen LogP contribution is -2.29. The number of piperidine rings is 1. The first-order chi connectivity index (χ1) is 9.25. The van der Waals surface area contributed by atoms with Gasteiger partial charge in [0.2, 0.25) is 0 Å². The van der Waals surface area contributed by atoms with Crippen LogP contribution in [0, 0.1) is 5.82 Å². The quantitative estimate of drug-likeness (QED) is 0.915. The monoisotopic (exact) mass is 279 g/mol. The Hall–Kier alpha value is -1.39. The predicted molar refractivity (Wildman–Crippen MR) is 73.4 cm³/mol. The van der Waals surface area contributed by atoms with E-state index in [1.165, 1.54) is 12.1 Å². The standard InChI is InChI=1S/C14H15ClFN3/c15-12-6-11(16)3-4-13(12)19-9-18-8-14(19)10-2-1-5-17-7-10/h3-4,6,8-10,17H,1-2,5,7H2. The van der Waals surface area contributed by atoms with E-state index in [0.29, 0.717) is 10.9 Å². The number of nitrogens with zero attached hydrogens (tertiary/aromatic N) is 2. The van der Waals surface area contributed by atoms with E-state index in [0.717, 1.165) is 37.3 Å². The Bertz CT molecular complexity index is 576. The van der Waals surface area contributed by atoms with Crippen molar-refractivity contribution in [2.45, 2.75) is 18.8 Å². The summed E-state index contributed by atoms with van der Waals surface area (Å²) in [6.07, 6.45) is 5.91. The second kappa shape index (κ2) is 5.31. The zero-order valence-electron chi connectivity index (χ0n) is 10.4. The Labute approximate surface area is 116 Å². The van der Waals surface area contributed by atoms with Crippen molar-refractivity contribution in [3.8, 4) is 5.69 Å². The first-order valence-electron chi connectivity index (χ1n) is 6.44. The van der Waals surface area contributed by atoms with Crippen molar-refractivity contribution in [2.75, 3.05) is 13.1 Å². The summed E-state index contributed by atoms with van der Waals surface area (Å²) in [5.41, 5.74) is 1.90. The van der Waals surface area contributed by atoms with Gasteiger partial charge in [-0.05, 0) is 37.6 Å². The van der Waals surface area contributed by atoms with Crippen LogP contribution in [0.4, 0.5) is 4.39 Å². The van der Waals surface area contributed by atoms with Gasteiger partial charge in [-0.2, -0.15) is 0 Å². The molecule has 19 heavy (non-hydrogen) atoms. The largest absolute Gasteiger partial charge is 0.316 e. The number of imidazole rings is 1. The summed E-state index contributed by atoms with van der Waals surface area (Å²) < 4.78 is 15.1. The highest BCUT2D eigenvalue weighted by molar-refractivity contribution is 6.32. The third-order valence-electron chi connectivity index (χ3n) is 3.55. The minimum Gasteiger partial charge on any atom is -0.316 e. The van der Waals surface area contributed by atoms with E-state index in [1.807, 2.05) is 10.8 Å². The molecule has 0 bridgehead atoms. The van der Waals surface area contributed by atoms with Crippen LogP contribution < -0.4 is 5.32 Å². The van der Waals surface area contributed by atoms with Crippen LogP contribution in [0.15, 0.2) is 30.7 Å². The molecule has 1 aromatic heterocycles. The second-order valence-corrected chi connectivity index (χ2v) is 5.23. The second-order valence-electron chi connectivity index (χ2n) is 4.83. The van der Waals surface area contributed by atoms with Gasteiger partial charge in [-0.1, -0.05) is 11.6 Å². The van der Waals surface area contributed by atoms with Crippen LogP contribution in [-0.4, -0.2) is 22.6 Å². The molecular weight excluding hydrogens is 265 g/mol. The van der Waals surface area contributed by atoms with Crippen LogP contribution in [0.25, 0.3) is 5.69 Å². The Morgan fingerprint density at radius 3 is 3.05 bits per heavy atom. The normalized spacial score (nSPS) is 19.6. The number of hydrogen-bond acceptors (Lipinski definition) is 2. The van der Waals surface area contributed by atoms with E-state index in [1.54, 1.807) is 12.4 Å². The van der Waals surface area contributed by atoms with E-state index in [4.69, 9.17) is 11.6 Å². The van der Waals surface area contributed by atoms with Gasteiger partial charge in [0.1, 0.15) is 5.82 Å². The zero-order valence-corrected chi connectivity index (χ0v) is 11.2. The molecule has 1 aliphatic rings. The van der Waals surface area contributed by atoms with Crippen LogP contribution in [0.5, 0.6) is 0 Å². The molecule has 1 unspecified atom stereocenters. The average Bonchev–Trinajstić information content (AvgIpc) is 2.89. The highest BCUT2D eigenvalue weighted by atomic mass is 35.5. The number of aromatic nitrogens is 2. The molecule has 2 heterocycles. The van der Waals surface area contributed by atoms with Crippen molar-refractivity contribution in [1.82, 2.24) is 14.9 Å². The Morgan fingerprint density at radius 2 is 2.32 bits per heavy atom.